The first kappa shape index (κ1) is 23.2. The standard InChI is InChI=1S/C21H32N2O5Si/c1-13(2)29(14(3)4,15(5)6)28-21-16(7)10-19(27-20(21)12-24)17-8-9-22-11-18(17)23(25)26/h8-16,20-21H,1-7H3/t16-,20-,21+/m1/s1. The Morgan fingerprint density at radius 1 is 1.21 bits per heavy atom. The fraction of sp³-hybridized carbons (Fsp3) is 0.619. The molecule has 8 heteroatoms. The van der Waals surface area contributed by atoms with Crippen molar-refractivity contribution in [2.24, 2.45) is 5.92 Å². The van der Waals surface area contributed by atoms with E-state index in [1.807, 2.05) is 13.0 Å². The van der Waals surface area contributed by atoms with E-state index < -0.39 is 25.4 Å². The zero-order valence-corrected chi connectivity index (χ0v) is 19.3. The molecule has 0 bridgehead atoms. The average Bonchev–Trinajstić information content (AvgIpc) is 2.65. The Kier molecular flexibility index (Phi) is 7.34. The highest BCUT2D eigenvalue weighted by molar-refractivity contribution is 6.77. The lowest BCUT2D eigenvalue weighted by atomic mass is 9.95. The maximum absolute atomic E-state index is 11.9. The Bertz CT molecular complexity index is 756. The van der Waals surface area contributed by atoms with Gasteiger partial charge in [0.2, 0.25) is 8.32 Å². The predicted octanol–water partition coefficient (Wildman–Crippen LogP) is 5.13. The van der Waals surface area contributed by atoms with Crippen LogP contribution in [-0.4, -0.2) is 36.7 Å². The molecule has 0 saturated heterocycles. The van der Waals surface area contributed by atoms with Gasteiger partial charge >= 0.3 is 0 Å². The van der Waals surface area contributed by atoms with Crippen LogP contribution in [0.2, 0.25) is 16.6 Å². The largest absolute Gasteiger partial charge is 0.480 e. The predicted molar refractivity (Wildman–Crippen MR) is 115 cm³/mol. The molecule has 1 aliphatic rings. The van der Waals surface area contributed by atoms with Gasteiger partial charge in [-0.1, -0.05) is 48.5 Å². The van der Waals surface area contributed by atoms with Gasteiger partial charge in [0, 0.05) is 12.1 Å². The maximum atomic E-state index is 11.9. The first-order valence-corrected chi connectivity index (χ1v) is 12.3. The minimum atomic E-state index is -2.23. The summed E-state index contributed by atoms with van der Waals surface area (Å²) in [6, 6.07) is 1.54. The van der Waals surface area contributed by atoms with Crippen LogP contribution in [0.25, 0.3) is 5.76 Å². The van der Waals surface area contributed by atoms with Crippen LogP contribution >= 0.6 is 0 Å². The van der Waals surface area contributed by atoms with Crippen molar-refractivity contribution in [1.29, 1.82) is 0 Å². The second-order valence-corrected chi connectivity index (χ2v) is 14.1. The SMILES string of the molecule is CC(C)[Si](O[C@H]1[C@H](C)C=C(c2ccncc2[N+](=O)[O-])O[C@@H]1C=O)(C(C)C)C(C)C. The normalized spacial score (nSPS) is 22.6. The molecule has 2 heterocycles. The molecule has 0 radical (unpaired) electrons. The van der Waals surface area contributed by atoms with Gasteiger partial charge in [0.15, 0.2) is 12.4 Å². The number of nitro groups is 1. The third-order valence-electron chi connectivity index (χ3n) is 5.96. The van der Waals surface area contributed by atoms with Crippen LogP contribution < -0.4 is 0 Å². The van der Waals surface area contributed by atoms with Crippen LogP contribution in [0.3, 0.4) is 0 Å². The summed E-state index contributed by atoms with van der Waals surface area (Å²) in [6.07, 6.45) is 4.01. The summed E-state index contributed by atoms with van der Waals surface area (Å²) in [5.74, 6) is 0.194. The van der Waals surface area contributed by atoms with Crippen LogP contribution in [0.1, 0.15) is 54.0 Å². The molecule has 160 valence electrons. The van der Waals surface area contributed by atoms with Crippen LogP contribution in [0, 0.1) is 16.0 Å². The van der Waals surface area contributed by atoms with Crippen molar-refractivity contribution < 1.29 is 18.9 Å². The van der Waals surface area contributed by atoms with Gasteiger partial charge in [0.05, 0.1) is 16.6 Å². The monoisotopic (exact) mass is 420 g/mol. The van der Waals surface area contributed by atoms with Gasteiger partial charge in [-0.2, -0.15) is 0 Å². The molecule has 1 aromatic rings. The molecule has 0 N–H and O–H groups in total. The Morgan fingerprint density at radius 3 is 2.28 bits per heavy atom. The fourth-order valence-electron chi connectivity index (χ4n) is 4.70. The molecule has 0 amide bonds. The molecule has 1 aliphatic heterocycles. The number of ether oxygens (including phenoxy) is 1. The number of carbonyl (C=O) groups excluding carboxylic acids is 1. The van der Waals surface area contributed by atoms with Crippen molar-refractivity contribution >= 4 is 26.1 Å². The molecule has 0 spiro atoms. The van der Waals surface area contributed by atoms with Crippen LogP contribution in [0.5, 0.6) is 0 Å². The van der Waals surface area contributed by atoms with Crippen molar-refractivity contribution in [2.45, 2.75) is 77.3 Å². The average molecular weight is 421 g/mol. The van der Waals surface area contributed by atoms with Crippen molar-refractivity contribution in [2.75, 3.05) is 0 Å². The molecule has 1 aromatic heterocycles. The Balaban J connectivity index is 2.46. The van der Waals surface area contributed by atoms with E-state index in [0.29, 0.717) is 27.9 Å². The molecule has 0 saturated carbocycles. The third-order valence-corrected chi connectivity index (χ3v) is 12.1. The number of hydrogen-bond donors (Lipinski definition) is 0. The highest BCUT2D eigenvalue weighted by atomic mass is 28.4. The van der Waals surface area contributed by atoms with Crippen LogP contribution in [-0.2, 0) is 14.0 Å². The first-order chi connectivity index (χ1) is 13.6. The molecule has 0 fully saturated rings. The second-order valence-electron chi connectivity index (χ2n) is 8.66. The summed E-state index contributed by atoms with van der Waals surface area (Å²) in [4.78, 5) is 26.6. The number of carbonyl (C=O) groups is 1. The van der Waals surface area contributed by atoms with E-state index in [-0.39, 0.29) is 11.6 Å². The Labute approximate surface area is 173 Å². The zero-order chi connectivity index (χ0) is 21.9. The minimum absolute atomic E-state index is 0.134. The quantitative estimate of drug-likeness (QED) is 0.251. The lowest BCUT2D eigenvalue weighted by molar-refractivity contribution is -0.385. The van der Waals surface area contributed by atoms with Crippen molar-refractivity contribution in [3.8, 4) is 0 Å². The molecule has 3 atom stereocenters. The van der Waals surface area contributed by atoms with E-state index in [1.165, 1.54) is 18.5 Å². The summed E-state index contributed by atoms with van der Waals surface area (Å²) >= 11 is 0. The molecule has 0 unspecified atom stereocenters. The van der Waals surface area contributed by atoms with Crippen LogP contribution in [0.15, 0.2) is 24.5 Å². The summed E-state index contributed by atoms with van der Waals surface area (Å²) in [6.45, 7) is 15.1. The summed E-state index contributed by atoms with van der Waals surface area (Å²) in [7, 11) is -2.23. The first-order valence-electron chi connectivity index (χ1n) is 10.2. The number of aromatic nitrogens is 1. The topological polar surface area (TPSA) is 91.6 Å². The highest BCUT2D eigenvalue weighted by Gasteiger charge is 2.49. The van der Waals surface area contributed by atoms with Crippen LogP contribution in [0.4, 0.5) is 5.69 Å². The third kappa shape index (κ3) is 4.43. The van der Waals surface area contributed by atoms with Gasteiger partial charge in [0.25, 0.3) is 5.69 Å². The maximum Gasteiger partial charge on any atom is 0.298 e. The van der Waals surface area contributed by atoms with Crippen molar-refractivity contribution in [3.63, 3.8) is 0 Å². The Morgan fingerprint density at radius 2 is 1.79 bits per heavy atom. The van der Waals surface area contributed by atoms with Gasteiger partial charge in [-0.3, -0.25) is 19.9 Å². The van der Waals surface area contributed by atoms with Gasteiger partial charge in [-0.15, -0.1) is 0 Å². The highest BCUT2D eigenvalue weighted by Crippen LogP contribution is 2.45. The number of aldehydes is 1. The number of pyridine rings is 1. The fourth-order valence-corrected chi connectivity index (χ4v) is 10.3. The van der Waals surface area contributed by atoms with E-state index in [9.17, 15) is 14.9 Å². The van der Waals surface area contributed by atoms with Crippen molar-refractivity contribution in [1.82, 2.24) is 4.98 Å². The van der Waals surface area contributed by atoms with E-state index in [4.69, 9.17) is 9.16 Å². The molecular weight excluding hydrogens is 388 g/mol. The summed E-state index contributed by atoms with van der Waals surface area (Å²) < 4.78 is 12.8. The number of hydrogen-bond acceptors (Lipinski definition) is 6. The lowest BCUT2D eigenvalue weighted by Gasteiger charge is -2.47. The smallest absolute Gasteiger partial charge is 0.298 e. The molecule has 7 nitrogen and oxygen atoms in total. The second kappa shape index (κ2) is 9.17. The van der Waals surface area contributed by atoms with E-state index in [0.717, 1.165) is 6.29 Å². The molecule has 0 aromatic carbocycles. The van der Waals surface area contributed by atoms with Gasteiger partial charge in [0.1, 0.15) is 12.0 Å². The summed E-state index contributed by atoms with van der Waals surface area (Å²) in [5.41, 5.74) is 1.28. The molecule has 2 rings (SSSR count). The number of rotatable bonds is 8. The number of nitrogens with zero attached hydrogens (tertiary/aromatic N) is 2. The zero-order valence-electron chi connectivity index (χ0n) is 18.3. The molecular formula is C21H32N2O5Si. The lowest BCUT2D eigenvalue weighted by Crippen LogP contribution is -2.55. The van der Waals surface area contributed by atoms with E-state index in [2.05, 4.69) is 46.5 Å². The minimum Gasteiger partial charge on any atom is -0.480 e. The van der Waals surface area contributed by atoms with E-state index in [1.54, 1.807) is 0 Å². The van der Waals surface area contributed by atoms with Crippen molar-refractivity contribution in [3.05, 3.63) is 40.2 Å². The van der Waals surface area contributed by atoms with Gasteiger partial charge in [-0.25, -0.2) is 0 Å². The molecule has 29 heavy (non-hydrogen) atoms. The Hall–Kier alpha value is -2.06. The summed E-state index contributed by atoms with van der Waals surface area (Å²) in [5, 5.41) is 11.4. The van der Waals surface area contributed by atoms with Gasteiger partial charge in [-0.05, 0) is 28.8 Å². The van der Waals surface area contributed by atoms with Gasteiger partial charge < -0.3 is 9.16 Å². The molecule has 0 aliphatic carbocycles. The van der Waals surface area contributed by atoms with E-state index >= 15 is 0 Å².